The monoisotopic (exact) mass is 225 g/mol. The van der Waals surface area contributed by atoms with Gasteiger partial charge in [-0.2, -0.15) is 4.98 Å². The summed E-state index contributed by atoms with van der Waals surface area (Å²) in [6, 6.07) is 0. The molecule has 88 valence electrons. The van der Waals surface area contributed by atoms with Crippen molar-refractivity contribution < 1.29 is 14.4 Å². The third-order valence-corrected chi connectivity index (χ3v) is 1.92. The Morgan fingerprint density at radius 3 is 2.94 bits per heavy atom. The summed E-state index contributed by atoms with van der Waals surface area (Å²) < 4.78 is 4.94. The first-order valence-corrected chi connectivity index (χ1v) is 5.02. The van der Waals surface area contributed by atoms with Gasteiger partial charge in [0.15, 0.2) is 5.82 Å². The van der Waals surface area contributed by atoms with Crippen LogP contribution in [0, 0.1) is 0 Å². The number of aromatic nitrogens is 2. The van der Waals surface area contributed by atoms with Gasteiger partial charge in [-0.15, -0.1) is 6.58 Å². The topological polar surface area (TPSA) is 79.5 Å². The van der Waals surface area contributed by atoms with Gasteiger partial charge in [0.1, 0.15) is 0 Å². The zero-order chi connectivity index (χ0) is 12.0. The number of carboxylic acids is 1. The summed E-state index contributed by atoms with van der Waals surface area (Å²) in [4.78, 5) is 16.4. The van der Waals surface area contributed by atoms with E-state index in [0.717, 1.165) is 0 Å². The highest BCUT2D eigenvalue weighted by molar-refractivity contribution is 5.69. The molecule has 0 radical (unpaired) electrons. The second-order valence-corrected chi connectivity index (χ2v) is 3.31. The van der Waals surface area contributed by atoms with Crippen molar-refractivity contribution in [3.63, 3.8) is 0 Å². The van der Waals surface area contributed by atoms with E-state index in [0.29, 0.717) is 31.2 Å². The zero-order valence-electron chi connectivity index (χ0n) is 9.22. The first-order chi connectivity index (χ1) is 7.65. The summed E-state index contributed by atoms with van der Waals surface area (Å²) in [5.74, 6) is 0.171. The molecule has 1 rings (SSSR count). The molecule has 0 spiro atoms. The Morgan fingerprint density at radius 2 is 2.44 bits per heavy atom. The van der Waals surface area contributed by atoms with Crippen molar-refractivity contribution in [2.24, 2.45) is 0 Å². The number of nitrogens with zero attached hydrogens (tertiary/aromatic N) is 3. The van der Waals surface area contributed by atoms with Gasteiger partial charge in [0.2, 0.25) is 5.89 Å². The van der Waals surface area contributed by atoms with Crippen molar-refractivity contribution in [2.45, 2.75) is 19.9 Å². The van der Waals surface area contributed by atoms with E-state index in [-0.39, 0.29) is 6.54 Å². The minimum absolute atomic E-state index is 0.0674. The Morgan fingerprint density at radius 1 is 1.69 bits per heavy atom. The largest absolute Gasteiger partial charge is 0.480 e. The molecular formula is C10H15N3O3. The Balaban J connectivity index is 2.59. The van der Waals surface area contributed by atoms with Crippen molar-refractivity contribution in [1.82, 2.24) is 15.0 Å². The van der Waals surface area contributed by atoms with Crippen molar-refractivity contribution in [3.8, 4) is 0 Å². The minimum Gasteiger partial charge on any atom is -0.480 e. The predicted molar refractivity (Wildman–Crippen MR) is 56.8 cm³/mol. The SMILES string of the molecule is C=CCN(CC(=O)O)Cc1noc(CC)n1. The molecule has 0 aliphatic carbocycles. The van der Waals surface area contributed by atoms with Crippen LogP contribution in [-0.2, 0) is 17.8 Å². The maximum absolute atomic E-state index is 10.6. The van der Waals surface area contributed by atoms with E-state index < -0.39 is 5.97 Å². The highest BCUT2D eigenvalue weighted by Gasteiger charge is 2.12. The Bertz CT molecular complexity index is 362. The number of aryl methyl sites for hydroxylation is 1. The molecule has 1 aromatic heterocycles. The van der Waals surface area contributed by atoms with Crippen LogP contribution in [0.5, 0.6) is 0 Å². The lowest BCUT2D eigenvalue weighted by molar-refractivity contribution is -0.138. The van der Waals surface area contributed by atoms with Gasteiger partial charge in [-0.3, -0.25) is 9.69 Å². The van der Waals surface area contributed by atoms with Gasteiger partial charge in [-0.1, -0.05) is 18.2 Å². The molecule has 0 saturated carbocycles. The molecule has 6 heteroatoms. The van der Waals surface area contributed by atoms with Gasteiger partial charge in [0.25, 0.3) is 0 Å². The van der Waals surface area contributed by atoms with E-state index in [1.165, 1.54) is 0 Å². The van der Waals surface area contributed by atoms with E-state index in [1.54, 1.807) is 11.0 Å². The average molecular weight is 225 g/mol. The molecule has 0 aromatic carbocycles. The fourth-order valence-corrected chi connectivity index (χ4v) is 1.26. The summed E-state index contributed by atoms with van der Waals surface area (Å²) in [6.45, 7) is 6.24. The lowest BCUT2D eigenvalue weighted by Gasteiger charge is -2.15. The molecule has 0 fully saturated rings. The summed E-state index contributed by atoms with van der Waals surface area (Å²) >= 11 is 0. The normalized spacial score (nSPS) is 10.6. The summed E-state index contributed by atoms with van der Waals surface area (Å²) in [7, 11) is 0. The van der Waals surface area contributed by atoms with Crippen molar-refractivity contribution in [2.75, 3.05) is 13.1 Å². The highest BCUT2D eigenvalue weighted by atomic mass is 16.5. The van der Waals surface area contributed by atoms with Gasteiger partial charge in [-0.05, 0) is 0 Å². The molecule has 0 bridgehead atoms. The van der Waals surface area contributed by atoms with E-state index in [2.05, 4.69) is 16.7 Å². The molecule has 0 saturated heterocycles. The molecule has 1 aromatic rings. The van der Waals surface area contributed by atoms with Gasteiger partial charge in [0, 0.05) is 13.0 Å². The van der Waals surface area contributed by atoms with Crippen LogP contribution in [0.15, 0.2) is 17.2 Å². The van der Waals surface area contributed by atoms with Crippen LogP contribution in [0.3, 0.4) is 0 Å². The second kappa shape index (κ2) is 6.02. The third kappa shape index (κ3) is 3.82. The van der Waals surface area contributed by atoms with E-state index in [4.69, 9.17) is 9.63 Å². The number of rotatable bonds is 7. The molecule has 0 aliphatic heterocycles. The van der Waals surface area contributed by atoms with Crippen LogP contribution < -0.4 is 0 Å². The molecule has 0 aliphatic rings. The van der Waals surface area contributed by atoms with E-state index in [1.807, 2.05) is 6.92 Å². The Kier molecular flexibility index (Phi) is 4.65. The summed E-state index contributed by atoms with van der Waals surface area (Å²) in [5.41, 5.74) is 0. The van der Waals surface area contributed by atoms with Crippen LogP contribution >= 0.6 is 0 Å². The van der Waals surface area contributed by atoms with Gasteiger partial charge in [-0.25, -0.2) is 0 Å². The Hall–Kier alpha value is -1.69. The van der Waals surface area contributed by atoms with Crippen LogP contribution in [0.2, 0.25) is 0 Å². The number of carboxylic acid groups (broad SMARTS) is 1. The fraction of sp³-hybridized carbons (Fsp3) is 0.500. The zero-order valence-corrected chi connectivity index (χ0v) is 9.22. The minimum atomic E-state index is -0.888. The fourth-order valence-electron chi connectivity index (χ4n) is 1.26. The number of aliphatic carboxylic acids is 1. The predicted octanol–water partition coefficient (Wildman–Crippen LogP) is 0.705. The lowest BCUT2D eigenvalue weighted by Crippen LogP contribution is -2.29. The molecule has 0 unspecified atom stereocenters. The standard InChI is InChI=1S/C10H15N3O3/c1-3-5-13(7-10(14)15)6-8-11-9(4-2)16-12-8/h3H,1,4-7H2,2H3,(H,14,15). The smallest absolute Gasteiger partial charge is 0.317 e. The van der Waals surface area contributed by atoms with E-state index in [9.17, 15) is 4.79 Å². The number of hydrogen-bond donors (Lipinski definition) is 1. The maximum atomic E-state index is 10.6. The number of carbonyl (C=O) groups is 1. The van der Waals surface area contributed by atoms with Gasteiger partial charge >= 0.3 is 5.97 Å². The summed E-state index contributed by atoms with van der Waals surface area (Å²) in [5, 5.41) is 12.5. The van der Waals surface area contributed by atoms with Crippen LogP contribution in [-0.4, -0.2) is 39.2 Å². The van der Waals surface area contributed by atoms with Gasteiger partial charge < -0.3 is 9.63 Å². The third-order valence-electron chi connectivity index (χ3n) is 1.92. The van der Waals surface area contributed by atoms with Crippen molar-refractivity contribution in [3.05, 3.63) is 24.4 Å². The number of hydrogen-bond acceptors (Lipinski definition) is 5. The van der Waals surface area contributed by atoms with Crippen LogP contribution in [0.1, 0.15) is 18.6 Å². The van der Waals surface area contributed by atoms with Crippen LogP contribution in [0.4, 0.5) is 0 Å². The summed E-state index contributed by atoms with van der Waals surface area (Å²) in [6.07, 6.45) is 2.32. The molecule has 16 heavy (non-hydrogen) atoms. The molecule has 0 atom stereocenters. The molecule has 1 N–H and O–H groups in total. The van der Waals surface area contributed by atoms with Crippen molar-refractivity contribution in [1.29, 1.82) is 0 Å². The molecular weight excluding hydrogens is 210 g/mol. The quantitative estimate of drug-likeness (QED) is 0.688. The first-order valence-electron chi connectivity index (χ1n) is 5.02. The maximum Gasteiger partial charge on any atom is 0.317 e. The lowest BCUT2D eigenvalue weighted by atomic mass is 10.4. The second-order valence-electron chi connectivity index (χ2n) is 3.31. The average Bonchev–Trinajstić information content (AvgIpc) is 2.65. The molecule has 6 nitrogen and oxygen atoms in total. The Labute approximate surface area is 93.6 Å². The molecule has 0 amide bonds. The van der Waals surface area contributed by atoms with Gasteiger partial charge in [0.05, 0.1) is 13.1 Å². The highest BCUT2D eigenvalue weighted by Crippen LogP contribution is 2.02. The molecule has 1 heterocycles. The van der Waals surface area contributed by atoms with Crippen LogP contribution in [0.25, 0.3) is 0 Å². The first kappa shape index (κ1) is 12.4. The van der Waals surface area contributed by atoms with Crippen molar-refractivity contribution >= 4 is 5.97 Å². The van der Waals surface area contributed by atoms with E-state index >= 15 is 0 Å².